The predicted octanol–water partition coefficient (Wildman–Crippen LogP) is 5.75. The van der Waals surface area contributed by atoms with E-state index in [1.807, 2.05) is 12.1 Å². The summed E-state index contributed by atoms with van der Waals surface area (Å²) in [4.78, 5) is 15.5. The first-order chi connectivity index (χ1) is 19.3. The Kier molecular flexibility index (Phi) is 8.24. The Labute approximate surface area is 236 Å². The molecule has 1 atom stereocenters. The Morgan fingerprint density at radius 1 is 0.975 bits per heavy atom. The van der Waals surface area contributed by atoms with Crippen molar-refractivity contribution in [1.29, 1.82) is 5.26 Å². The van der Waals surface area contributed by atoms with Gasteiger partial charge >= 0.3 is 0 Å². The van der Waals surface area contributed by atoms with Crippen LogP contribution >= 0.6 is 0 Å². The topological polar surface area (TPSA) is 110 Å². The van der Waals surface area contributed by atoms with E-state index in [2.05, 4.69) is 34.5 Å². The zero-order valence-electron chi connectivity index (χ0n) is 22.7. The lowest BCUT2D eigenvalue weighted by molar-refractivity contribution is 0.0937. The number of nitriles is 1. The van der Waals surface area contributed by atoms with Crippen molar-refractivity contribution in [2.45, 2.75) is 61.8 Å². The Morgan fingerprint density at radius 2 is 1.57 bits per heavy atom. The molecule has 1 amide bonds. The summed E-state index contributed by atoms with van der Waals surface area (Å²) >= 11 is 0. The summed E-state index contributed by atoms with van der Waals surface area (Å²) in [6.45, 7) is 2.04. The molecule has 0 radical (unpaired) electrons. The second-order valence-electron chi connectivity index (χ2n) is 10.7. The molecular weight excluding hydrogens is 522 g/mol. The van der Waals surface area contributed by atoms with Crippen LogP contribution in [-0.2, 0) is 9.84 Å². The molecule has 0 aliphatic heterocycles. The summed E-state index contributed by atoms with van der Waals surface area (Å²) in [5.41, 5.74) is 5.83. The van der Waals surface area contributed by atoms with Crippen LogP contribution in [0.4, 0.5) is 11.4 Å². The number of hydrogen-bond acceptors (Lipinski definition) is 6. The van der Waals surface area contributed by atoms with Crippen molar-refractivity contribution in [3.63, 3.8) is 0 Å². The molecule has 2 aliphatic carbocycles. The first-order valence-corrected chi connectivity index (χ1v) is 15.6. The highest BCUT2D eigenvalue weighted by atomic mass is 32.2. The molecule has 208 valence electrons. The molecule has 2 N–H and O–H groups in total. The minimum absolute atomic E-state index is 0.00282. The van der Waals surface area contributed by atoms with Crippen LogP contribution in [-0.4, -0.2) is 38.3 Å². The van der Waals surface area contributed by atoms with Gasteiger partial charge in [0.05, 0.1) is 35.8 Å². The summed E-state index contributed by atoms with van der Waals surface area (Å²) in [6, 6.07) is 22.0. The number of sulfone groups is 1. The molecule has 0 bridgehead atoms. The van der Waals surface area contributed by atoms with Gasteiger partial charge in [0.25, 0.3) is 5.91 Å². The van der Waals surface area contributed by atoms with Crippen LogP contribution in [0.25, 0.3) is 0 Å². The number of aliphatic hydroxyl groups excluding tert-OH is 1. The number of nitrogens with zero attached hydrogens (tertiary/aromatic N) is 2. The van der Waals surface area contributed by atoms with Crippen molar-refractivity contribution >= 4 is 27.1 Å². The minimum atomic E-state index is -3.33. The van der Waals surface area contributed by atoms with Crippen LogP contribution in [0.15, 0.2) is 71.6 Å². The number of amides is 1. The van der Waals surface area contributed by atoms with Crippen LogP contribution < -0.4 is 10.2 Å². The number of hydrogen-bond donors (Lipinski definition) is 2. The molecule has 40 heavy (non-hydrogen) atoms. The zero-order valence-corrected chi connectivity index (χ0v) is 23.5. The van der Waals surface area contributed by atoms with Gasteiger partial charge in [-0.1, -0.05) is 25.1 Å². The smallest absolute Gasteiger partial charge is 0.251 e. The fourth-order valence-electron chi connectivity index (χ4n) is 5.08. The van der Waals surface area contributed by atoms with E-state index in [9.17, 15) is 23.6 Å². The monoisotopic (exact) mass is 557 g/mol. The molecule has 8 heteroatoms. The maximum atomic E-state index is 13.1. The second-order valence-corrected chi connectivity index (χ2v) is 13.0. The number of aliphatic hydroxyl groups is 1. The Morgan fingerprint density at radius 3 is 2.08 bits per heavy atom. The largest absolute Gasteiger partial charge is 0.395 e. The molecule has 0 spiro atoms. The molecule has 0 unspecified atom stereocenters. The summed E-state index contributed by atoms with van der Waals surface area (Å²) in [7, 11) is -3.33. The van der Waals surface area contributed by atoms with Crippen LogP contribution in [0, 0.1) is 11.3 Å². The van der Waals surface area contributed by atoms with Gasteiger partial charge in [-0.25, -0.2) is 8.42 Å². The molecule has 0 aromatic heterocycles. The highest BCUT2D eigenvalue weighted by Crippen LogP contribution is 2.47. The zero-order chi connectivity index (χ0) is 28.3. The molecule has 2 saturated carbocycles. The highest BCUT2D eigenvalue weighted by Gasteiger charge is 2.29. The van der Waals surface area contributed by atoms with Gasteiger partial charge in [0.2, 0.25) is 0 Å². The van der Waals surface area contributed by atoms with Crippen molar-refractivity contribution in [2.24, 2.45) is 0 Å². The average Bonchev–Trinajstić information content (AvgIpc) is 3.89. The van der Waals surface area contributed by atoms with E-state index >= 15 is 0 Å². The lowest BCUT2D eigenvalue weighted by atomic mass is 10.0. The van der Waals surface area contributed by atoms with E-state index in [1.54, 1.807) is 31.2 Å². The fourth-order valence-corrected chi connectivity index (χ4v) is 5.96. The Hall–Kier alpha value is -3.67. The molecule has 5 rings (SSSR count). The van der Waals surface area contributed by atoms with Gasteiger partial charge in [0.1, 0.15) is 0 Å². The third kappa shape index (κ3) is 6.38. The van der Waals surface area contributed by atoms with Gasteiger partial charge in [-0.3, -0.25) is 4.79 Å². The van der Waals surface area contributed by atoms with Gasteiger partial charge in [0.15, 0.2) is 9.84 Å². The second kappa shape index (κ2) is 11.8. The van der Waals surface area contributed by atoms with Gasteiger partial charge in [-0.15, -0.1) is 0 Å². The van der Waals surface area contributed by atoms with Gasteiger partial charge < -0.3 is 15.3 Å². The maximum Gasteiger partial charge on any atom is 0.251 e. The van der Waals surface area contributed by atoms with E-state index in [-0.39, 0.29) is 29.6 Å². The molecule has 2 aliphatic rings. The molecule has 0 heterocycles. The van der Waals surface area contributed by atoms with Gasteiger partial charge in [0, 0.05) is 23.5 Å². The van der Waals surface area contributed by atoms with Crippen LogP contribution in [0.3, 0.4) is 0 Å². The van der Waals surface area contributed by atoms with Crippen molar-refractivity contribution < 1.29 is 18.3 Å². The molecule has 3 aromatic rings. The lowest BCUT2D eigenvalue weighted by Gasteiger charge is -2.26. The first-order valence-electron chi connectivity index (χ1n) is 14.0. The van der Waals surface area contributed by atoms with E-state index in [1.165, 1.54) is 48.9 Å². The normalized spacial score (nSPS) is 15.7. The quantitative estimate of drug-likeness (QED) is 0.293. The third-order valence-corrected chi connectivity index (χ3v) is 9.51. The highest BCUT2D eigenvalue weighted by molar-refractivity contribution is 7.91. The first kappa shape index (κ1) is 27.9. The van der Waals surface area contributed by atoms with Crippen molar-refractivity contribution in [2.75, 3.05) is 23.8 Å². The van der Waals surface area contributed by atoms with E-state index < -0.39 is 15.9 Å². The number of benzene rings is 3. The Bertz CT molecular complexity index is 1470. The number of carbonyl (C=O) groups excluding carboxylic acids is 1. The minimum Gasteiger partial charge on any atom is -0.395 e. The molecule has 2 fully saturated rings. The van der Waals surface area contributed by atoms with Crippen LogP contribution in [0.2, 0.25) is 0 Å². The summed E-state index contributed by atoms with van der Waals surface area (Å²) in [5.74, 6) is 0.947. The lowest BCUT2D eigenvalue weighted by Crippen LogP contribution is -2.28. The summed E-state index contributed by atoms with van der Waals surface area (Å²) in [5, 5.41) is 22.1. The number of anilines is 2. The van der Waals surface area contributed by atoms with E-state index in [4.69, 9.17) is 0 Å². The number of carbonyl (C=O) groups is 1. The SMILES string of the molecule is CCS(=O)(=O)c1ccc([C@H](CC#N)NC(=O)c2ccc(N(CCO)c3cc(C4CC4)cc(C4CC4)c3)cc2)cc1. The average molecular weight is 558 g/mol. The summed E-state index contributed by atoms with van der Waals surface area (Å²) < 4.78 is 24.3. The Balaban J connectivity index is 1.34. The van der Waals surface area contributed by atoms with Gasteiger partial charge in [-0.2, -0.15) is 5.26 Å². The van der Waals surface area contributed by atoms with Crippen LogP contribution in [0.1, 0.15) is 84.0 Å². The number of rotatable bonds is 12. The fraction of sp³-hybridized carbons (Fsp3) is 0.375. The van der Waals surface area contributed by atoms with Crippen LogP contribution in [0.5, 0.6) is 0 Å². The van der Waals surface area contributed by atoms with Crippen molar-refractivity contribution in [3.8, 4) is 6.07 Å². The molecule has 3 aromatic carbocycles. The van der Waals surface area contributed by atoms with Gasteiger partial charge in [-0.05, 0) is 103 Å². The number of nitrogens with one attached hydrogen (secondary N) is 1. The molecular formula is C32H35N3O4S. The maximum absolute atomic E-state index is 13.1. The third-order valence-electron chi connectivity index (χ3n) is 7.76. The summed E-state index contributed by atoms with van der Waals surface area (Å²) in [6.07, 6.45) is 4.96. The predicted molar refractivity (Wildman–Crippen MR) is 156 cm³/mol. The van der Waals surface area contributed by atoms with Crippen molar-refractivity contribution in [3.05, 3.63) is 89.0 Å². The standard InChI is InChI=1S/C32H35N3O4S/c1-2-40(38,39)30-13-9-24(10-14-30)31(15-16-33)34-32(37)25-7-11-28(12-8-25)35(17-18-36)29-20-26(22-3-4-22)19-27(21-29)23-5-6-23/h7-14,19-23,31,36H,2-6,15,17-18H2,1H3,(H,34,37)/t31-/m0/s1. The van der Waals surface area contributed by atoms with Crippen molar-refractivity contribution in [1.82, 2.24) is 5.32 Å². The van der Waals surface area contributed by atoms with E-state index in [0.29, 0.717) is 29.5 Å². The molecule has 7 nitrogen and oxygen atoms in total. The van der Waals surface area contributed by atoms with E-state index in [0.717, 1.165) is 11.4 Å². The molecule has 0 saturated heterocycles.